The molecule has 0 aliphatic carbocycles. The Balaban J connectivity index is 1.79. The average Bonchev–Trinajstić information content (AvgIpc) is 3.05. The lowest BCUT2D eigenvalue weighted by Gasteiger charge is -2.28. The van der Waals surface area contributed by atoms with Gasteiger partial charge in [0.1, 0.15) is 11.1 Å². The van der Waals surface area contributed by atoms with Gasteiger partial charge in [-0.25, -0.2) is 0 Å². The van der Waals surface area contributed by atoms with Gasteiger partial charge in [0.2, 0.25) is 0 Å². The standard InChI is InChI=1S/C17H18N2OS2/c1-20-15-10-6-5-9-14(15)16-19(11-12-22-16)17(21)18-13-7-3-2-4-8-13/h2-10,16H,11-12H2,1H3,(H,18,21). The molecule has 0 saturated carbocycles. The number of hydrogen-bond acceptors (Lipinski definition) is 3. The smallest absolute Gasteiger partial charge is 0.174 e. The van der Waals surface area contributed by atoms with Gasteiger partial charge in [-0.05, 0) is 30.4 Å². The second-order valence-corrected chi connectivity index (χ2v) is 6.53. The average molecular weight is 330 g/mol. The fourth-order valence-corrected chi connectivity index (χ4v) is 4.19. The molecule has 1 fully saturated rings. The SMILES string of the molecule is COc1ccccc1C1SCCN1C(=S)Nc1ccccc1. The van der Waals surface area contributed by atoms with Crippen molar-refractivity contribution in [1.29, 1.82) is 0 Å². The van der Waals surface area contributed by atoms with Gasteiger partial charge in [-0.3, -0.25) is 0 Å². The van der Waals surface area contributed by atoms with Crippen LogP contribution in [0.3, 0.4) is 0 Å². The van der Waals surface area contributed by atoms with Crippen molar-refractivity contribution in [2.24, 2.45) is 0 Å². The summed E-state index contributed by atoms with van der Waals surface area (Å²) in [5.41, 5.74) is 2.19. The van der Waals surface area contributed by atoms with Crippen molar-refractivity contribution >= 4 is 34.8 Å². The van der Waals surface area contributed by atoms with Gasteiger partial charge in [-0.1, -0.05) is 36.4 Å². The molecule has 0 spiro atoms. The van der Waals surface area contributed by atoms with Gasteiger partial charge in [-0.2, -0.15) is 0 Å². The molecule has 2 aromatic rings. The molecule has 0 radical (unpaired) electrons. The quantitative estimate of drug-likeness (QED) is 0.853. The number of thiocarbonyl (C=S) groups is 1. The summed E-state index contributed by atoms with van der Waals surface area (Å²) in [5.74, 6) is 1.97. The van der Waals surface area contributed by atoms with Crippen LogP contribution in [0, 0.1) is 0 Å². The third-order valence-electron chi connectivity index (χ3n) is 3.58. The number of methoxy groups -OCH3 is 1. The van der Waals surface area contributed by atoms with Crippen LogP contribution in [0.2, 0.25) is 0 Å². The van der Waals surface area contributed by atoms with E-state index in [-0.39, 0.29) is 5.37 Å². The predicted molar refractivity (Wildman–Crippen MR) is 97.6 cm³/mol. The molecule has 0 bridgehead atoms. The van der Waals surface area contributed by atoms with Crippen molar-refractivity contribution in [3.05, 3.63) is 60.2 Å². The van der Waals surface area contributed by atoms with E-state index in [4.69, 9.17) is 17.0 Å². The van der Waals surface area contributed by atoms with Crippen LogP contribution in [0.25, 0.3) is 0 Å². The molecule has 114 valence electrons. The number of para-hydroxylation sites is 2. The fraction of sp³-hybridized carbons (Fsp3) is 0.235. The molecule has 1 aliphatic rings. The van der Waals surface area contributed by atoms with E-state index in [2.05, 4.69) is 16.3 Å². The second-order valence-electron chi connectivity index (χ2n) is 4.95. The summed E-state index contributed by atoms with van der Waals surface area (Å²) in [6, 6.07) is 18.2. The lowest BCUT2D eigenvalue weighted by molar-refractivity contribution is 0.392. The van der Waals surface area contributed by atoms with Gasteiger partial charge in [0.15, 0.2) is 5.11 Å². The highest BCUT2D eigenvalue weighted by Crippen LogP contribution is 2.41. The van der Waals surface area contributed by atoms with E-state index in [1.54, 1.807) is 7.11 Å². The molecular weight excluding hydrogens is 312 g/mol. The van der Waals surface area contributed by atoms with Crippen molar-refractivity contribution in [2.75, 3.05) is 24.7 Å². The Hall–Kier alpha value is -1.72. The van der Waals surface area contributed by atoms with Crippen LogP contribution in [0.1, 0.15) is 10.9 Å². The van der Waals surface area contributed by atoms with E-state index < -0.39 is 0 Å². The largest absolute Gasteiger partial charge is 0.496 e. The zero-order valence-corrected chi connectivity index (χ0v) is 14.0. The topological polar surface area (TPSA) is 24.5 Å². The van der Waals surface area contributed by atoms with E-state index in [0.29, 0.717) is 0 Å². The van der Waals surface area contributed by atoms with Crippen LogP contribution in [-0.2, 0) is 0 Å². The summed E-state index contributed by atoms with van der Waals surface area (Å²) in [6.07, 6.45) is 0. The molecule has 1 saturated heterocycles. The summed E-state index contributed by atoms with van der Waals surface area (Å²) in [5, 5.41) is 4.28. The Morgan fingerprint density at radius 3 is 2.68 bits per heavy atom. The molecule has 3 nitrogen and oxygen atoms in total. The van der Waals surface area contributed by atoms with Crippen LogP contribution >= 0.6 is 24.0 Å². The van der Waals surface area contributed by atoms with Crippen molar-refractivity contribution in [3.8, 4) is 5.75 Å². The number of ether oxygens (including phenoxy) is 1. The number of rotatable bonds is 3. The van der Waals surface area contributed by atoms with Gasteiger partial charge >= 0.3 is 0 Å². The first-order valence-electron chi connectivity index (χ1n) is 7.17. The Labute approximate surface area is 140 Å². The summed E-state index contributed by atoms with van der Waals surface area (Å²) in [4.78, 5) is 2.23. The molecule has 0 amide bonds. The number of benzene rings is 2. The highest BCUT2D eigenvalue weighted by Gasteiger charge is 2.30. The molecule has 2 aromatic carbocycles. The fourth-order valence-electron chi connectivity index (χ4n) is 2.52. The highest BCUT2D eigenvalue weighted by atomic mass is 32.2. The maximum Gasteiger partial charge on any atom is 0.174 e. The Kier molecular flexibility index (Phi) is 4.85. The summed E-state index contributed by atoms with van der Waals surface area (Å²) in [6.45, 7) is 0.937. The van der Waals surface area contributed by atoms with Crippen molar-refractivity contribution in [3.63, 3.8) is 0 Å². The first-order chi connectivity index (χ1) is 10.8. The number of nitrogens with one attached hydrogen (secondary N) is 1. The third-order valence-corrected chi connectivity index (χ3v) is 5.16. The van der Waals surface area contributed by atoms with Gasteiger partial charge in [-0.15, -0.1) is 11.8 Å². The second kappa shape index (κ2) is 7.03. The van der Waals surface area contributed by atoms with Crippen LogP contribution in [-0.4, -0.2) is 29.4 Å². The first kappa shape index (κ1) is 15.2. The molecule has 1 aliphatic heterocycles. The van der Waals surface area contributed by atoms with Crippen molar-refractivity contribution in [1.82, 2.24) is 4.90 Å². The van der Waals surface area contributed by atoms with Gasteiger partial charge in [0.05, 0.1) is 7.11 Å². The zero-order chi connectivity index (χ0) is 15.4. The molecule has 1 atom stereocenters. The van der Waals surface area contributed by atoms with Crippen molar-refractivity contribution in [2.45, 2.75) is 5.37 Å². The number of anilines is 1. The maximum absolute atomic E-state index is 5.61. The van der Waals surface area contributed by atoms with Gasteiger partial charge in [0, 0.05) is 23.5 Å². The van der Waals surface area contributed by atoms with Gasteiger partial charge in [0.25, 0.3) is 0 Å². The zero-order valence-electron chi connectivity index (χ0n) is 12.4. The first-order valence-corrected chi connectivity index (χ1v) is 8.62. The Morgan fingerprint density at radius 1 is 1.18 bits per heavy atom. The minimum Gasteiger partial charge on any atom is -0.496 e. The van der Waals surface area contributed by atoms with Crippen molar-refractivity contribution < 1.29 is 4.74 Å². The number of thioether (sulfide) groups is 1. The monoisotopic (exact) mass is 330 g/mol. The van der Waals surface area contributed by atoms with Crippen LogP contribution in [0.4, 0.5) is 5.69 Å². The normalized spacial score (nSPS) is 17.3. The molecule has 1 heterocycles. The molecule has 3 rings (SSSR count). The van der Waals surface area contributed by atoms with E-state index in [0.717, 1.165) is 28.8 Å². The van der Waals surface area contributed by atoms with E-state index in [9.17, 15) is 0 Å². The minimum atomic E-state index is 0.194. The summed E-state index contributed by atoms with van der Waals surface area (Å²) >= 11 is 7.50. The molecule has 0 aromatic heterocycles. The summed E-state index contributed by atoms with van der Waals surface area (Å²) in [7, 11) is 1.71. The van der Waals surface area contributed by atoms with E-state index in [1.165, 1.54) is 5.56 Å². The maximum atomic E-state index is 5.61. The Bertz CT molecular complexity index is 648. The number of hydrogen-bond donors (Lipinski definition) is 1. The molecule has 5 heteroatoms. The Morgan fingerprint density at radius 2 is 1.91 bits per heavy atom. The molecule has 1 N–H and O–H groups in total. The molecule has 22 heavy (non-hydrogen) atoms. The van der Waals surface area contributed by atoms with Crippen LogP contribution in [0.5, 0.6) is 5.75 Å². The lowest BCUT2D eigenvalue weighted by atomic mass is 10.2. The predicted octanol–water partition coefficient (Wildman–Crippen LogP) is 4.14. The molecular formula is C17H18N2OS2. The highest BCUT2D eigenvalue weighted by molar-refractivity contribution is 7.99. The third kappa shape index (κ3) is 3.20. The van der Waals surface area contributed by atoms with Gasteiger partial charge < -0.3 is 15.0 Å². The lowest BCUT2D eigenvalue weighted by Crippen LogP contribution is -2.34. The number of nitrogens with zero attached hydrogens (tertiary/aromatic N) is 1. The molecule has 1 unspecified atom stereocenters. The van der Waals surface area contributed by atoms with Crippen LogP contribution < -0.4 is 10.1 Å². The minimum absolute atomic E-state index is 0.194. The summed E-state index contributed by atoms with van der Waals surface area (Å²) < 4.78 is 5.50. The van der Waals surface area contributed by atoms with E-state index >= 15 is 0 Å². The van der Waals surface area contributed by atoms with E-state index in [1.807, 2.05) is 60.3 Å². The van der Waals surface area contributed by atoms with Crippen LogP contribution in [0.15, 0.2) is 54.6 Å².